The number of hydrogen-bond acceptors (Lipinski definition) is 9. The van der Waals surface area contributed by atoms with Gasteiger partial charge >= 0.3 is 5.97 Å². The lowest BCUT2D eigenvalue weighted by molar-refractivity contribution is -0.152. The molecule has 4 heterocycles. The molecular formula is C23H24N4O5S. The first kappa shape index (κ1) is 21.6. The van der Waals surface area contributed by atoms with Crippen LogP contribution in [0.5, 0.6) is 5.75 Å². The van der Waals surface area contributed by atoms with E-state index >= 15 is 0 Å². The van der Waals surface area contributed by atoms with Gasteiger partial charge in [-0.1, -0.05) is 12.1 Å². The quantitative estimate of drug-likeness (QED) is 0.570. The van der Waals surface area contributed by atoms with Crippen molar-refractivity contribution < 1.29 is 24.2 Å². The fraction of sp³-hybridized carbons (Fsp3) is 0.391. The maximum absolute atomic E-state index is 12.7. The van der Waals surface area contributed by atoms with Gasteiger partial charge in [0.1, 0.15) is 5.75 Å². The lowest BCUT2D eigenvalue weighted by Gasteiger charge is -2.28. The van der Waals surface area contributed by atoms with Crippen molar-refractivity contribution in [3.63, 3.8) is 0 Å². The van der Waals surface area contributed by atoms with Gasteiger partial charge in [0.05, 0.1) is 30.0 Å². The number of nitrogens with zero attached hydrogens (tertiary/aromatic N) is 4. The molecule has 0 radical (unpaired) electrons. The Hall–Kier alpha value is -3.24. The number of aromatic hydroxyl groups is 1. The van der Waals surface area contributed by atoms with Crippen molar-refractivity contribution in [3.8, 4) is 17.1 Å². The molecule has 2 aliphatic rings. The first-order valence-electron chi connectivity index (χ1n) is 10.8. The first-order valence-corrected chi connectivity index (χ1v) is 11.7. The average Bonchev–Trinajstić information content (AvgIpc) is 3.44. The van der Waals surface area contributed by atoms with Crippen LogP contribution in [0.2, 0.25) is 0 Å². The SMILES string of the molecule is CN(Cc1cc2nc(-c3cccc(O)c3)nc(N3CCOCC3)c2s1)C(=O)[C@@H]1CCC(=O)O1. The number of rotatable bonds is 5. The van der Waals surface area contributed by atoms with Crippen LogP contribution < -0.4 is 4.90 Å². The molecule has 1 amide bonds. The number of hydrogen-bond donors (Lipinski definition) is 1. The third kappa shape index (κ3) is 4.49. The number of anilines is 1. The summed E-state index contributed by atoms with van der Waals surface area (Å²) in [4.78, 5) is 38.4. The number of benzene rings is 1. The Morgan fingerprint density at radius 3 is 2.82 bits per heavy atom. The molecule has 0 spiro atoms. The minimum atomic E-state index is -0.696. The van der Waals surface area contributed by atoms with Crippen LogP contribution in [0.25, 0.3) is 21.6 Å². The summed E-state index contributed by atoms with van der Waals surface area (Å²) in [5.41, 5.74) is 1.52. The van der Waals surface area contributed by atoms with E-state index in [-0.39, 0.29) is 24.0 Å². The molecule has 9 nitrogen and oxygen atoms in total. The van der Waals surface area contributed by atoms with Gasteiger partial charge in [-0.25, -0.2) is 9.97 Å². The maximum Gasteiger partial charge on any atom is 0.306 e. The summed E-state index contributed by atoms with van der Waals surface area (Å²) in [6.07, 6.45) is 0.00981. The van der Waals surface area contributed by atoms with Gasteiger partial charge in [-0.15, -0.1) is 11.3 Å². The molecule has 1 atom stereocenters. The molecule has 1 N–H and O–H groups in total. The molecule has 2 aromatic heterocycles. The highest BCUT2D eigenvalue weighted by Gasteiger charge is 2.32. The Labute approximate surface area is 194 Å². The van der Waals surface area contributed by atoms with Gasteiger partial charge < -0.3 is 24.4 Å². The number of likely N-dealkylation sites (N-methyl/N-ethyl adjacent to an activating group) is 1. The van der Waals surface area contributed by atoms with Crippen molar-refractivity contribution in [1.29, 1.82) is 0 Å². The second-order valence-electron chi connectivity index (χ2n) is 8.16. The van der Waals surface area contributed by atoms with E-state index in [1.165, 1.54) is 0 Å². The number of morpholine rings is 1. The number of cyclic esters (lactones) is 1. The lowest BCUT2D eigenvalue weighted by atomic mass is 10.2. The largest absolute Gasteiger partial charge is 0.508 e. The number of carbonyl (C=O) groups is 2. The molecular weight excluding hydrogens is 444 g/mol. The first-order chi connectivity index (χ1) is 16.0. The van der Waals surface area contributed by atoms with Crippen LogP contribution in [-0.2, 0) is 25.6 Å². The zero-order valence-electron chi connectivity index (χ0n) is 18.2. The number of phenolic OH excluding ortho intramolecular Hbond substituents is 1. The number of esters is 1. The van der Waals surface area contributed by atoms with Crippen LogP contribution in [0.1, 0.15) is 17.7 Å². The number of carbonyl (C=O) groups excluding carboxylic acids is 2. The van der Waals surface area contributed by atoms with E-state index in [0.29, 0.717) is 32.0 Å². The minimum absolute atomic E-state index is 0.155. The van der Waals surface area contributed by atoms with Crippen molar-refractivity contribution in [3.05, 3.63) is 35.2 Å². The second-order valence-corrected chi connectivity index (χ2v) is 9.30. The van der Waals surface area contributed by atoms with Gasteiger partial charge in [0.25, 0.3) is 5.91 Å². The zero-order chi connectivity index (χ0) is 22.9. The molecule has 0 saturated carbocycles. The van der Waals surface area contributed by atoms with E-state index in [0.717, 1.165) is 39.6 Å². The molecule has 3 aromatic rings. The summed E-state index contributed by atoms with van der Waals surface area (Å²) in [6.45, 7) is 3.09. The van der Waals surface area contributed by atoms with Crippen molar-refractivity contribution in [2.75, 3.05) is 38.3 Å². The minimum Gasteiger partial charge on any atom is -0.508 e. The lowest BCUT2D eigenvalue weighted by Crippen LogP contribution is -2.36. The molecule has 0 unspecified atom stereocenters. The van der Waals surface area contributed by atoms with Gasteiger partial charge in [0.15, 0.2) is 17.7 Å². The number of phenols is 1. The van der Waals surface area contributed by atoms with E-state index in [1.807, 2.05) is 12.1 Å². The van der Waals surface area contributed by atoms with Gasteiger partial charge in [-0.3, -0.25) is 9.59 Å². The summed E-state index contributed by atoms with van der Waals surface area (Å²) in [7, 11) is 1.71. The molecule has 10 heteroatoms. The summed E-state index contributed by atoms with van der Waals surface area (Å²) < 4.78 is 11.6. The van der Waals surface area contributed by atoms with E-state index in [2.05, 4.69) is 4.90 Å². The summed E-state index contributed by atoms with van der Waals surface area (Å²) in [5, 5.41) is 9.92. The molecule has 5 rings (SSSR count). The van der Waals surface area contributed by atoms with Crippen molar-refractivity contribution >= 4 is 39.2 Å². The van der Waals surface area contributed by atoms with Crippen molar-refractivity contribution in [2.45, 2.75) is 25.5 Å². The third-order valence-corrected chi connectivity index (χ3v) is 6.85. The van der Waals surface area contributed by atoms with Crippen LogP contribution >= 0.6 is 11.3 Å². The predicted molar refractivity (Wildman–Crippen MR) is 123 cm³/mol. The normalized spacial score (nSPS) is 18.5. The van der Waals surface area contributed by atoms with Crippen LogP contribution in [0.4, 0.5) is 5.82 Å². The van der Waals surface area contributed by atoms with Crippen LogP contribution in [0.15, 0.2) is 30.3 Å². The van der Waals surface area contributed by atoms with Crippen LogP contribution in [-0.4, -0.2) is 71.3 Å². The summed E-state index contributed by atoms with van der Waals surface area (Å²) >= 11 is 1.55. The van der Waals surface area contributed by atoms with Gasteiger partial charge in [-0.05, 0) is 18.2 Å². The number of aromatic nitrogens is 2. The Balaban J connectivity index is 1.48. The fourth-order valence-corrected chi connectivity index (χ4v) is 5.23. The monoisotopic (exact) mass is 468 g/mol. The number of ether oxygens (including phenoxy) is 2. The Morgan fingerprint density at radius 1 is 1.27 bits per heavy atom. The van der Waals surface area contributed by atoms with Gasteiger partial charge in [0, 0.05) is 43.4 Å². The smallest absolute Gasteiger partial charge is 0.306 e. The molecule has 33 heavy (non-hydrogen) atoms. The average molecular weight is 469 g/mol. The van der Waals surface area contributed by atoms with Crippen LogP contribution in [0, 0.1) is 0 Å². The predicted octanol–water partition coefficient (Wildman–Crippen LogP) is 2.56. The Kier molecular flexibility index (Phi) is 5.86. The zero-order valence-corrected chi connectivity index (χ0v) is 19.0. The molecule has 2 saturated heterocycles. The third-order valence-electron chi connectivity index (χ3n) is 5.75. The van der Waals surface area contributed by atoms with Crippen molar-refractivity contribution in [1.82, 2.24) is 14.9 Å². The number of fused-ring (bicyclic) bond motifs is 1. The second kappa shape index (κ2) is 8.95. The van der Waals surface area contributed by atoms with Gasteiger partial charge in [0.2, 0.25) is 0 Å². The molecule has 1 aromatic carbocycles. The summed E-state index contributed by atoms with van der Waals surface area (Å²) in [6, 6.07) is 8.87. The Bertz CT molecular complexity index is 1210. The van der Waals surface area contributed by atoms with Gasteiger partial charge in [-0.2, -0.15) is 0 Å². The highest BCUT2D eigenvalue weighted by molar-refractivity contribution is 7.19. The van der Waals surface area contributed by atoms with E-state index in [1.54, 1.807) is 41.5 Å². The maximum atomic E-state index is 12.7. The molecule has 2 aliphatic heterocycles. The topological polar surface area (TPSA) is 105 Å². The Morgan fingerprint density at radius 2 is 2.09 bits per heavy atom. The van der Waals surface area contributed by atoms with E-state index in [9.17, 15) is 14.7 Å². The number of thiophene rings is 1. The van der Waals surface area contributed by atoms with E-state index in [4.69, 9.17) is 19.4 Å². The molecule has 172 valence electrons. The molecule has 0 aliphatic carbocycles. The molecule has 2 fully saturated rings. The standard InChI is InChI=1S/C23H24N4O5S/c1-26(23(30)18-5-6-19(29)32-18)13-16-12-17-20(33-16)22(27-7-9-31-10-8-27)25-21(24-17)14-3-2-4-15(28)11-14/h2-4,11-12,18,28H,5-10,13H2,1H3/t18-/m0/s1. The van der Waals surface area contributed by atoms with E-state index < -0.39 is 6.10 Å². The van der Waals surface area contributed by atoms with Crippen LogP contribution in [0.3, 0.4) is 0 Å². The molecule has 0 bridgehead atoms. The fourth-order valence-electron chi connectivity index (χ4n) is 4.06. The number of amides is 1. The summed E-state index contributed by atoms with van der Waals surface area (Å²) in [5.74, 6) is 0.998. The van der Waals surface area contributed by atoms with Crippen molar-refractivity contribution in [2.24, 2.45) is 0 Å². The highest BCUT2D eigenvalue weighted by atomic mass is 32.1. The highest BCUT2D eigenvalue weighted by Crippen LogP contribution is 2.35.